The number of hydrogen-bond acceptors (Lipinski definition) is 4. The molecule has 140 valence electrons. The van der Waals surface area contributed by atoms with Crippen molar-refractivity contribution in [2.45, 2.75) is 19.5 Å². The molecule has 0 unspecified atom stereocenters. The summed E-state index contributed by atoms with van der Waals surface area (Å²) in [6.45, 7) is 2.67. The second-order valence-electron chi connectivity index (χ2n) is 6.66. The van der Waals surface area contributed by atoms with Crippen LogP contribution in [0.4, 0.5) is 0 Å². The molecule has 0 aliphatic heterocycles. The first-order chi connectivity index (χ1) is 13.9. The third-order valence-electron chi connectivity index (χ3n) is 4.67. The van der Waals surface area contributed by atoms with Gasteiger partial charge in [0.15, 0.2) is 0 Å². The van der Waals surface area contributed by atoms with Crippen molar-refractivity contribution in [3.05, 3.63) is 91.4 Å². The summed E-state index contributed by atoms with van der Waals surface area (Å²) in [6, 6.07) is 16.6. The van der Waals surface area contributed by atoms with Crippen LogP contribution in [0.3, 0.4) is 0 Å². The highest BCUT2D eigenvalue weighted by Crippen LogP contribution is 2.26. The number of aromatic nitrogens is 4. The summed E-state index contributed by atoms with van der Waals surface area (Å²) < 4.78 is 2.10. The smallest absolute Gasteiger partial charge is 0.0945 e. The van der Waals surface area contributed by atoms with Crippen LogP contribution in [-0.2, 0) is 13.1 Å². The number of aryl methyl sites for hydroxylation is 1. The van der Waals surface area contributed by atoms with Gasteiger partial charge in [-0.05, 0) is 42.3 Å². The van der Waals surface area contributed by atoms with Crippen LogP contribution in [0.5, 0.6) is 0 Å². The van der Waals surface area contributed by atoms with Gasteiger partial charge in [-0.2, -0.15) is 0 Å². The van der Waals surface area contributed by atoms with E-state index in [9.17, 15) is 0 Å². The van der Waals surface area contributed by atoms with Crippen LogP contribution in [0, 0.1) is 0 Å². The van der Waals surface area contributed by atoms with Gasteiger partial charge in [0.2, 0.25) is 0 Å². The number of pyridine rings is 2. The van der Waals surface area contributed by atoms with Crippen LogP contribution in [0.1, 0.15) is 12.0 Å². The summed E-state index contributed by atoms with van der Waals surface area (Å²) in [6.07, 6.45) is 12.3. The zero-order valence-electron chi connectivity index (χ0n) is 15.7. The third-order valence-corrected chi connectivity index (χ3v) is 4.67. The minimum absolute atomic E-state index is 0.773. The van der Waals surface area contributed by atoms with Gasteiger partial charge in [-0.25, -0.2) is 4.98 Å². The van der Waals surface area contributed by atoms with Crippen molar-refractivity contribution in [3.8, 4) is 22.4 Å². The Hall–Kier alpha value is -3.31. The van der Waals surface area contributed by atoms with E-state index < -0.39 is 0 Å². The molecule has 3 heterocycles. The van der Waals surface area contributed by atoms with Gasteiger partial charge in [0, 0.05) is 55.2 Å². The van der Waals surface area contributed by atoms with Crippen molar-refractivity contribution in [1.82, 2.24) is 24.8 Å². The van der Waals surface area contributed by atoms with Crippen LogP contribution in [0.15, 0.2) is 85.8 Å². The number of hydrogen-bond donors (Lipinski definition) is 1. The van der Waals surface area contributed by atoms with E-state index in [0.29, 0.717) is 0 Å². The minimum Gasteiger partial charge on any atom is -0.337 e. The normalized spacial score (nSPS) is 10.9. The lowest BCUT2D eigenvalue weighted by molar-refractivity contribution is 0.580. The largest absolute Gasteiger partial charge is 0.337 e. The van der Waals surface area contributed by atoms with E-state index >= 15 is 0 Å². The molecule has 1 N–H and O–H groups in total. The molecule has 0 saturated carbocycles. The Bertz CT molecular complexity index is 982. The van der Waals surface area contributed by atoms with Crippen molar-refractivity contribution in [2.75, 3.05) is 6.54 Å². The summed E-state index contributed by atoms with van der Waals surface area (Å²) in [4.78, 5) is 13.0. The van der Waals surface area contributed by atoms with Crippen LogP contribution < -0.4 is 5.32 Å². The first-order valence-electron chi connectivity index (χ1n) is 9.51. The van der Waals surface area contributed by atoms with Gasteiger partial charge in [0.1, 0.15) is 0 Å². The Morgan fingerprint density at radius 1 is 0.857 bits per heavy atom. The lowest BCUT2D eigenvalue weighted by Crippen LogP contribution is -2.17. The van der Waals surface area contributed by atoms with Crippen LogP contribution in [-0.4, -0.2) is 26.1 Å². The number of imidazole rings is 1. The highest BCUT2D eigenvalue weighted by atomic mass is 15.0. The average molecular weight is 369 g/mol. The van der Waals surface area contributed by atoms with Crippen molar-refractivity contribution in [2.24, 2.45) is 0 Å². The lowest BCUT2D eigenvalue weighted by Gasteiger charge is -2.13. The molecule has 28 heavy (non-hydrogen) atoms. The predicted octanol–water partition coefficient (Wildman–Crippen LogP) is 4.19. The second kappa shape index (κ2) is 9.06. The monoisotopic (exact) mass is 369 g/mol. The topological polar surface area (TPSA) is 55.6 Å². The first kappa shape index (κ1) is 18.1. The van der Waals surface area contributed by atoms with Gasteiger partial charge >= 0.3 is 0 Å². The molecule has 0 aliphatic carbocycles. The summed E-state index contributed by atoms with van der Waals surface area (Å²) >= 11 is 0. The summed E-state index contributed by atoms with van der Waals surface area (Å²) in [5.41, 5.74) is 5.59. The second-order valence-corrected chi connectivity index (χ2v) is 6.66. The highest BCUT2D eigenvalue weighted by Gasteiger charge is 2.09. The molecule has 0 saturated heterocycles. The molecule has 0 aliphatic rings. The molecule has 1 aromatic carbocycles. The number of nitrogens with one attached hydrogen (secondary N) is 1. The van der Waals surface area contributed by atoms with Crippen LogP contribution in [0.25, 0.3) is 22.4 Å². The fourth-order valence-corrected chi connectivity index (χ4v) is 3.23. The van der Waals surface area contributed by atoms with Crippen molar-refractivity contribution in [3.63, 3.8) is 0 Å². The maximum Gasteiger partial charge on any atom is 0.0945 e. The zero-order valence-corrected chi connectivity index (χ0v) is 15.7. The molecule has 4 aromatic rings. The molecule has 0 bridgehead atoms. The minimum atomic E-state index is 0.773. The van der Waals surface area contributed by atoms with Crippen molar-refractivity contribution < 1.29 is 0 Å². The molecular formula is C23H23N5. The molecule has 3 aromatic heterocycles. The number of nitrogens with zero attached hydrogens (tertiary/aromatic N) is 4. The average Bonchev–Trinajstić information content (AvgIpc) is 3.28. The Balaban J connectivity index is 1.50. The quantitative estimate of drug-likeness (QED) is 0.473. The highest BCUT2D eigenvalue weighted by molar-refractivity contribution is 5.69. The summed E-state index contributed by atoms with van der Waals surface area (Å²) in [7, 11) is 0. The third kappa shape index (κ3) is 4.50. The van der Waals surface area contributed by atoms with Crippen molar-refractivity contribution >= 4 is 0 Å². The van der Waals surface area contributed by atoms with E-state index in [4.69, 9.17) is 4.98 Å². The van der Waals surface area contributed by atoms with E-state index in [1.165, 1.54) is 11.1 Å². The SMILES string of the molecule is c1ccc(-c2cnc(-c3ccncc3)c(CNCCCn3ccnc3)c2)cc1. The fourth-order valence-electron chi connectivity index (χ4n) is 3.23. The van der Waals surface area contributed by atoms with Gasteiger partial charge in [0.05, 0.1) is 12.0 Å². The maximum absolute atomic E-state index is 4.78. The van der Waals surface area contributed by atoms with Crippen LogP contribution in [0.2, 0.25) is 0 Å². The summed E-state index contributed by atoms with van der Waals surface area (Å²) in [5.74, 6) is 0. The Morgan fingerprint density at radius 3 is 2.50 bits per heavy atom. The van der Waals surface area contributed by atoms with Crippen LogP contribution >= 0.6 is 0 Å². The van der Waals surface area contributed by atoms with Gasteiger partial charge in [-0.3, -0.25) is 9.97 Å². The van der Waals surface area contributed by atoms with Gasteiger partial charge in [0.25, 0.3) is 0 Å². The van der Waals surface area contributed by atoms with Gasteiger partial charge in [-0.1, -0.05) is 30.3 Å². The van der Waals surface area contributed by atoms with Crippen molar-refractivity contribution in [1.29, 1.82) is 0 Å². The van der Waals surface area contributed by atoms with E-state index in [2.05, 4.69) is 50.2 Å². The Kier molecular flexibility index (Phi) is 5.85. The van der Waals surface area contributed by atoms with E-state index in [1.807, 2.05) is 55.5 Å². The van der Waals surface area contributed by atoms with E-state index in [-0.39, 0.29) is 0 Å². The van der Waals surface area contributed by atoms with Gasteiger partial charge in [-0.15, -0.1) is 0 Å². The number of benzene rings is 1. The maximum atomic E-state index is 4.78. The fraction of sp³-hybridized carbons (Fsp3) is 0.174. The lowest BCUT2D eigenvalue weighted by atomic mass is 10.0. The Labute approximate surface area is 165 Å². The van der Waals surface area contributed by atoms with E-state index in [1.54, 1.807) is 0 Å². The zero-order chi connectivity index (χ0) is 19.0. The molecule has 0 atom stereocenters. The molecular weight excluding hydrogens is 346 g/mol. The first-order valence-corrected chi connectivity index (χ1v) is 9.51. The number of rotatable bonds is 8. The Morgan fingerprint density at radius 2 is 1.71 bits per heavy atom. The molecule has 0 radical (unpaired) electrons. The van der Waals surface area contributed by atoms with Gasteiger partial charge < -0.3 is 9.88 Å². The molecule has 0 amide bonds. The molecule has 4 rings (SSSR count). The molecule has 5 nitrogen and oxygen atoms in total. The molecule has 0 fully saturated rings. The summed E-state index contributed by atoms with van der Waals surface area (Å²) in [5, 5.41) is 3.56. The molecule has 0 spiro atoms. The van der Waals surface area contributed by atoms with E-state index in [0.717, 1.165) is 42.9 Å². The predicted molar refractivity (Wildman–Crippen MR) is 111 cm³/mol. The standard InChI is InChI=1S/C23H23N5/c1-2-5-19(6-3-1)21-15-22(16-25-9-4-13-28-14-12-26-18-28)23(27-17-21)20-7-10-24-11-8-20/h1-3,5-8,10-12,14-15,17-18,25H,4,9,13,16H2. The molecule has 5 heteroatoms.